The van der Waals surface area contributed by atoms with E-state index in [1.165, 1.54) is 0 Å². The summed E-state index contributed by atoms with van der Waals surface area (Å²) in [6.07, 6.45) is 0. The Morgan fingerprint density at radius 2 is 1.85 bits per heavy atom. The van der Waals surface area contributed by atoms with Crippen molar-refractivity contribution in [2.75, 3.05) is 24.3 Å². The van der Waals surface area contributed by atoms with Gasteiger partial charge in [-0.2, -0.15) is 5.26 Å². The largest absolute Gasteiger partial charge is 0.494 e. The van der Waals surface area contributed by atoms with Crippen LogP contribution >= 0.6 is 0 Å². The highest BCUT2D eigenvalue weighted by atomic mass is 16.5. The second-order valence-corrected chi connectivity index (χ2v) is 4.41. The van der Waals surface area contributed by atoms with Crippen LogP contribution in [-0.2, 0) is 0 Å². The molecule has 0 heterocycles. The molecule has 4 nitrogen and oxygen atoms in total. The summed E-state index contributed by atoms with van der Waals surface area (Å²) < 4.78 is 5.50. The van der Waals surface area contributed by atoms with Gasteiger partial charge in [0.25, 0.3) is 0 Å². The fourth-order valence-corrected chi connectivity index (χ4v) is 1.96. The van der Waals surface area contributed by atoms with Crippen LogP contribution in [0.2, 0.25) is 0 Å². The van der Waals surface area contributed by atoms with Gasteiger partial charge in [0, 0.05) is 36.2 Å². The van der Waals surface area contributed by atoms with Crippen molar-refractivity contribution in [1.29, 1.82) is 5.26 Å². The maximum Gasteiger partial charge on any atom is 0.123 e. The molecule has 0 saturated heterocycles. The average Bonchev–Trinajstić information content (AvgIpc) is 2.46. The molecule has 0 aromatic heterocycles. The van der Waals surface area contributed by atoms with Gasteiger partial charge in [-0.1, -0.05) is 0 Å². The van der Waals surface area contributed by atoms with Crippen molar-refractivity contribution in [2.24, 2.45) is 0 Å². The summed E-state index contributed by atoms with van der Waals surface area (Å²) in [6, 6.07) is 15.1. The first-order valence-corrected chi connectivity index (χ1v) is 6.41. The van der Waals surface area contributed by atoms with Crippen LogP contribution in [0.1, 0.15) is 12.5 Å². The number of anilines is 3. The fraction of sp³-hybridized carbons (Fsp3) is 0.188. The monoisotopic (exact) mass is 267 g/mol. The summed E-state index contributed by atoms with van der Waals surface area (Å²) in [4.78, 5) is 2.00. The summed E-state index contributed by atoms with van der Waals surface area (Å²) in [7, 11) is 1.95. The van der Waals surface area contributed by atoms with Crippen molar-refractivity contribution in [3.05, 3.63) is 48.0 Å². The lowest BCUT2D eigenvalue weighted by Crippen LogP contribution is -2.10. The highest BCUT2D eigenvalue weighted by Crippen LogP contribution is 2.29. The van der Waals surface area contributed by atoms with Crippen molar-refractivity contribution >= 4 is 17.1 Å². The first kappa shape index (κ1) is 13.8. The number of hydrogen-bond donors (Lipinski definition) is 1. The minimum Gasteiger partial charge on any atom is -0.494 e. The second kappa shape index (κ2) is 5.98. The van der Waals surface area contributed by atoms with Gasteiger partial charge in [-0.25, -0.2) is 0 Å². The number of benzene rings is 2. The van der Waals surface area contributed by atoms with Gasteiger partial charge in [-0.3, -0.25) is 0 Å². The molecule has 0 fully saturated rings. The fourth-order valence-electron chi connectivity index (χ4n) is 1.96. The van der Waals surface area contributed by atoms with E-state index in [1.807, 2.05) is 43.1 Å². The summed E-state index contributed by atoms with van der Waals surface area (Å²) in [5, 5.41) is 8.82. The molecule has 0 unspecified atom stereocenters. The third kappa shape index (κ3) is 3.01. The summed E-state index contributed by atoms with van der Waals surface area (Å²) in [5.41, 5.74) is 9.13. The van der Waals surface area contributed by atoms with Crippen molar-refractivity contribution in [3.63, 3.8) is 0 Å². The number of rotatable bonds is 4. The summed E-state index contributed by atoms with van der Waals surface area (Å²) in [5.74, 6) is 0.753. The molecule has 0 aliphatic carbocycles. The van der Waals surface area contributed by atoms with Crippen molar-refractivity contribution in [2.45, 2.75) is 6.92 Å². The lowest BCUT2D eigenvalue weighted by Gasteiger charge is -2.21. The zero-order valence-electron chi connectivity index (χ0n) is 11.6. The number of hydrogen-bond acceptors (Lipinski definition) is 4. The van der Waals surface area contributed by atoms with E-state index >= 15 is 0 Å². The molecule has 0 bridgehead atoms. The Bertz CT molecular complexity index is 629. The van der Waals surface area contributed by atoms with E-state index in [0.717, 1.165) is 17.1 Å². The Labute approximate surface area is 119 Å². The van der Waals surface area contributed by atoms with Crippen molar-refractivity contribution in [3.8, 4) is 11.8 Å². The topological polar surface area (TPSA) is 62.3 Å². The Hall–Kier alpha value is -2.67. The van der Waals surface area contributed by atoms with E-state index in [1.54, 1.807) is 18.2 Å². The van der Waals surface area contributed by atoms with Gasteiger partial charge < -0.3 is 15.4 Å². The van der Waals surface area contributed by atoms with E-state index < -0.39 is 0 Å². The maximum atomic E-state index is 8.82. The molecule has 4 heteroatoms. The number of nitrogens with two attached hydrogens (primary N) is 1. The van der Waals surface area contributed by atoms with Crippen LogP contribution < -0.4 is 15.4 Å². The Morgan fingerprint density at radius 1 is 1.15 bits per heavy atom. The van der Waals surface area contributed by atoms with Gasteiger partial charge in [-0.15, -0.1) is 0 Å². The predicted octanol–water partition coefficient (Wildman–Crippen LogP) is 3.31. The van der Waals surface area contributed by atoms with Crippen LogP contribution in [0.5, 0.6) is 5.75 Å². The van der Waals surface area contributed by atoms with Gasteiger partial charge in [0.15, 0.2) is 0 Å². The molecule has 0 amide bonds. The molecule has 20 heavy (non-hydrogen) atoms. The SMILES string of the molecule is CCOc1cc(N)cc(N(C)c2ccc(C#N)cc2)c1. The Morgan fingerprint density at radius 3 is 2.45 bits per heavy atom. The van der Waals surface area contributed by atoms with Crippen LogP contribution in [0.4, 0.5) is 17.1 Å². The molecule has 2 aromatic carbocycles. The van der Waals surface area contributed by atoms with Gasteiger partial charge in [-0.05, 0) is 37.3 Å². The average molecular weight is 267 g/mol. The third-order valence-corrected chi connectivity index (χ3v) is 3.00. The summed E-state index contributed by atoms with van der Waals surface area (Å²) >= 11 is 0. The normalized spacial score (nSPS) is 9.85. The zero-order valence-corrected chi connectivity index (χ0v) is 11.6. The van der Waals surface area contributed by atoms with Gasteiger partial charge in [0.2, 0.25) is 0 Å². The van der Waals surface area contributed by atoms with Crippen LogP contribution in [0.15, 0.2) is 42.5 Å². The molecule has 0 aliphatic heterocycles. The lowest BCUT2D eigenvalue weighted by atomic mass is 10.2. The number of nitrogens with zero attached hydrogens (tertiary/aromatic N) is 2. The van der Waals surface area contributed by atoms with Crippen molar-refractivity contribution in [1.82, 2.24) is 0 Å². The maximum absolute atomic E-state index is 8.82. The van der Waals surface area contributed by atoms with Crippen LogP contribution in [0.25, 0.3) is 0 Å². The standard InChI is InChI=1S/C16H17N3O/c1-3-20-16-9-13(18)8-15(10-16)19(2)14-6-4-12(11-17)5-7-14/h4-10H,3,18H2,1-2H3. The van der Waals surface area contributed by atoms with Gasteiger partial charge >= 0.3 is 0 Å². The zero-order chi connectivity index (χ0) is 14.5. The molecular formula is C16H17N3O. The number of nitrogen functional groups attached to an aromatic ring is 1. The molecule has 0 spiro atoms. The number of ether oxygens (including phenoxy) is 1. The van der Waals surface area contributed by atoms with Gasteiger partial charge in [0.1, 0.15) is 5.75 Å². The summed E-state index contributed by atoms with van der Waals surface area (Å²) in [6.45, 7) is 2.54. The number of nitriles is 1. The smallest absolute Gasteiger partial charge is 0.123 e. The molecule has 0 saturated carbocycles. The molecular weight excluding hydrogens is 250 g/mol. The highest BCUT2D eigenvalue weighted by Gasteiger charge is 2.07. The molecule has 2 N–H and O–H groups in total. The predicted molar refractivity (Wildman–Crippen MR) is 81.2 cm³/mol. The molecule has 0 aliphatic rings. The molecule has 102 valence electrons. The molecule has 2 aromatic rings. The van der Waals surface area contributed by atoms with Crippen LogP contribution in [0, 0.1) is 11.3 Å². The Balaban J connectivity index is 2.31. The minimum atomic E-state index is 0.601. The van der Waals surface area contributed by atoms with Crippen molar-refractivity contribution < 1.29 is 4.74 Å². The molecule has 2 rings (SSSR count). The van der Waals surface area contributed by atoms with Gasteiger partial charge in [0.05, 0.1) is 18.2 Å². The first-order chi connectivity index (χ1) is 9.63. The first-order valence-electron chi connectivity index (χ1n) is 6.41. The van der Waals surface area contributed by atoms with Crippen LogP contribution in [0.3, 0.4) is 0 Å². The van der Waals surface area contributed by atoms with E-state index in [-0.39, 0.29) is 0 Å². The van der Waals surface area contributed by atoms with E-state index in [2.05, 4.69) is 6.07 Å². The second-order valence-electron chi connectivity index (χ2n) is 4.41. The molecule has 0 atom stereocenters. The highest BCUT2D eigenvalue weighted by molar-refractivity contribution is 5.68. The molecule has 0 radical (unpaired) electrons. The third-order valence-electron chi connectivity index (χ3n) is 3.00. The lowest BCUT2D eigenvalue weighted by molar-refractivity contribution is 0.340. The quantitative estimate of drug-likeness (QED) is 0.863. The minimum absolute atomic E-state index is 0.601. The van der Waals surface area contributed by atoms with E-state index in [0.29, 0.717) is 17.9 Å². The Kier molecular flexibility index (Phi) is 4.11. The van der Waals surface area contributed by atoms with E-state index in [4.69, 9.17) is 15.7 Å². The van der Waals surface area contributed by atoms with Crippen LogP contribution in [-0.4, -0.2) is 13.7 Å². The van der Waals surface area contributed by atoms with E-state index in [9.17, 15) is 0 Å².